The highest BCUT2D eigenvalue weighted by atomic mass is 15.3. The fraction of sp³-hybridized carbons (Fsp3) is 0.415. The van der Waals surface area contributed by atoms with Gasteiger partial charge in [0.25, 0.3) is 6.71 Å². The van der Waals surface area contributed by atoms with Gasteiger partial charge >= 0.3 is 0 Å². The van der Waals surface area contributed by atoms with Gasteiger partial charge in [-0.15, -0.1) is 0 Å². The van der Waals surface area contributed by atoms with Gasteiger partial charge < -0.3 is 19.6 Å². The van der Waals surface area contributed by atoms with Crippen LogP contribution in [0.2, 0.25) is 0 Å². The Morgan fingerprint density at radius 1 is 0.379 bits per heavy atom. The first kappa shape index (κ1) is 57.8. The standard InChI is InChI=1S/C82H95BN4/c1-52-44-53(2)74-64(45-52)80(16)41-23-25-43-82(80,18)87(74)60-35-37-66-70(49-60)84(59-33-28-55(29-34-59)75(3,4)5)71-50-61(86-68-39-32-57(77(9,10)11)47-63(68)79(15)40-22-24-42-81(79,86)17)51-72-73(71)83(66)65-36-30-58(78(12,13)14)48-69(65)85(72)67-38-31-56(76(6,7)8)46-62(67)54-26-20-19-21-27-54/h19-21,26-39,44-51H,22-25,40-43H2,1-18H3. The Bertz CT molecular complexity index is 4110. The molecule has 0 aromatic heterocycles. The lowest BCUT2D eigenvalue weighted by atomic mass is 9.33. The lowest BCUT2D eigenvalue weighted by Gasteiger charge is -2.51. The Hall–Kier alpha value is -6.98. The van der Waals surface area contributed by atoms with E-state index in [0.717, 1.165) is 19.3 Å². The van der Waals surface area contributed by atoms with E-state index in [1.165, 1.54) is 161 Å². The molecule has 6 aliphatic rings. The smallest absolute Gasteiger partial charge is 0.252 e. The maximum Gasteiger partial charge on any atom is 0.252 e. The van der Waals surface area contributed by atoms with Gasteiger partial charge in [0.15, 0.2) is 0 Å². The molecule has 4 aliphatic heterocycles. The summed E-state index contributed by atoms with van der Waals surface area (Å²) in [7, 11) is 0. The Labute approximate surface area is 523 Å². The van der Waals surface area contributed by atoms with E-state index < -0.39 is 0 Å². The molecule has 446 valence electrons. The first-order valence-electron chi connectivity index (χ1n) is 33.2. The van der Waals surface area contributed by atoms with Crippen LogP contribution in [0.5, 0.6) is 0 Å². The molecule has 8 aromatic carbocycles. The Morgan fingerprint density at radius 2 is 0.862 bits per heavy atom. The van der Waals surface area contributed by atoms with Crippen LogP contribution >= 0.6 is 0 Å². The van der Waals surface area contributed by atoms with Gasteiger partial charge in [0.1, 0.15) is 0 Å². The van der Waals surface area contributed by atoms with Crippen molar-refractivity contribution >= 4 is 80.0 Å². The SMILES string of the molecule is Cc1cc(C)c2c(c1)C1(C)CCCCC1(C)N2c1ccc2c(c1)N(c1ccc(C(C)(C)C)cc1)c1cc(N3c4ccc(C(C)(C)C)cc4C4(C)CCCCC34C)cc3c1B2c1ccc(C(C)(C)C)cc1N3c1ccc(C(C)(C)C)cc1-c1ccccc1. The molecule has 2 fully saturated rings. The minimum Gasteiger partial charge on any atom is -0.334 e. The highest BCUT2D eigenvalue weighted by molar-refractivity contribution is 7.00. The first-order valence-corrected chi connectivity index (χ1v) is 33.2. The zero-order valence-corrected chi connectivity index (χ0v) is 56.0. The molecule has 4 atom stereocenters. The molecule has 2 aliphatic carbocycles. The molecule has 87 heavy (non-hydrogen) atoms. The average Bonchev–Trinajstić information content (AvgIpc) is 1.68. The second-order valence-electron chi connectivity index (χ2n) is 32.7. The van der Waals surface area contributed by atoms with Crippen molar-refractivity contribution in [2.24, 2.45) is 0 Å². The molecular formula is C82H95BN4. The number of hydrogen-bond acceptors (Lipinski definition) is 4. The van der Waals surface area contributed by atoms with Crippen molar-refractivity contribution in [2.45, 2.75) is 220 Å². The average molecular weight is 1150 g/mol. The van der Waals surface area contributed by atoms with Crippen LogP contribution in [0, 0.1) is 13.8 Å². The molecule has 4 unspecified atom stereocenters. The number of anilines is 10. The van der Waals surface area contributed by atoms with Crippen molar-refractivity contribution in [1.29, 1.82) is 0 Å². The topological polar surface area (TPSA) is 13.0 Å². The number of aryl methyl sites for hydroxylation is 2. The van der Waals surface area contributed by atoms with Gasteiger partial charge in [-0.25, -0.2) is 0 Å². The van der Waals surface area contributed by atoms with Crippen LogP contribution < -0.4 is 36.0 Å². The number of rotatable bonds is 5. The second kappa shape index (κ2) is 19.3. The van der Waals surface area contributed by atoms with E-state index in [1.807, 2.05) is 0 Å². The van der Waals surface area contributed by atoms with Gasteiger partial charge in [-0.2, -0.15) is 0 Å². The summed E-state index contributed by atoms with van der Waals surface area (Å²) in [6.45, 7) is 43.5. The molecule has 14 rings (SSSR count). The summed E-state index contributed by atoms with van der Waals surface area (Å²) in [5.74, 6) is 0. The summed E-state index contributed by atoms with van der Waals surface area (Å²) in [5, 5.41) is 0. The molecule has 2 saturated carbocycles. The summed E-state index contributed by atoms with van der Waals surface area (Å²) < 4.78 is 0. The second-order valence-corrected chi connectivity index (χ2v) is 32.7. The molecule has 0 amide bonds. The van der Waals surface area contributed by atoms with E-state index in [2.05, 4.69) is 296 Å². The maximum atomic E-state index is 2.86. The summed E-state index contributed by atoms with van der Waals surface area (Å²) in [5.41, 5.74) is 29.9. The van der Waals surface area contributed by atoms with Crippen LogP contribution in [0.1, 0.15) is 207 Å². The van der Waals surface area contributed by atoms with E-state index >= 15 is 0 Å². The lowest BCUT2D eigenvalue weighted by Crippen LogP contribution is -2.62. The zero-order chi connectivity index (χ0) is 61.5. The van der Waals surface area contributed by atoms with Crippen LogP contribution in [-0.2, 0) is 32.5 Å². The fourth-order valence-electron chi connectivity index (χ4n) is 17.6. The van der Waals surface area contributed by atoms with E-state index in [0.29, 0.717) is 0 Å². The highest BCUT2D eigenvalue weighted by Crippen LogP contribution is 2.65. The summed E-state index contributed by atoms with van der Waals surface area (Å²) in [6.07, 6.45) is 9.55. The third kappa shape index (κ3) is 8.49. The normalized spacial score (nSPS) is 23.0. The number of benzene rings is 8. The molecule has 8 aromatic rings. The maximum absolute atomic E-state index is 2.86. The minimum atomic E-state index is -0.189. The molecule has 4 heterocycles. The molecular weight excluding hydrogens is 1050 g/mol. The molecule has 5 heteroatoms. The zero-order valence-electron chi connectivity index (χ0n) is 56.0. The van der Waals surface area contributed by atoms with Crippen molar-refractivity contribution < 1.29 is 0 Å². The van der Waals surface area contributed by atoms with Crippen molar-refractivity contribution in [3.05, 3.63) is 196 Å². The van der Waals surface area contributed by atoms with Crippen molar-refractivity contribution in [3.63, 3.8) is 0 Å². The summed E-state index contributed by atoms with van der Waals surface area (Å²) in [6, 6.07) is 61.5. The molecule has 0 N–H and O–H groups in total. The van der Waals surface area contributed by atoms with Crippen LogP contribution in [0.15, 0.2) is 152 Å². The van der Waals surface area contributed by atoms with E-state index in [9.17, 15) is 0 Å². The van der Waals surface area contributed by atoms with Crippen LogP contribution in [0.4, 0.5) is 56.9 Å². The Morgan fingerprint density at radius 3 is 1.48 bits per heavy atom. The Kier molecular flexibility index (Phi) is 12.8. The minimum absolute atomic E-state index is 0.00958. The molecule has 4 nitrogen and oxygen atoms in total. The van der Waals surface area contributed by atoms with E-state index in [4.69, 9.17) is 0 Å². The number of fused-ring (bicyclic) bond motifs is 10. The van der Waals surface area contributed by atoms with Crippen molar-refractivity contribution in [3.8, 4) is 11.1 Å². The van der Waals surface area contributed by atoms with E-state index in [-0.39, 0.29) is 50.3 Å². The molecule has 0 saturated heterocycles. The Balaban J connectivity index is 1.12. The molecule has 0 spiro atoms. The fourth-order valence-corrected chi connectivity index (χ4v) is 17.6. The van der Waals surface area contributed by atoms with Gasteiger partial charge in [0, 0.05) is 67.6 Å². The molecule has 0 radical (unpaired) electrons. The van der Waals surface area contributed by atoms with Gasteiger partial charge in [0.2, 0.25) is 0 Å². The van der Waals surface area contributed by atoms with Gasteiger partial charge in [-0.3, -0.25) is 0 Å². The van der Waals surface area contributed by atoms with Crippen LogP contribution in [-0.4, -0.2) is 17.8 Å². The van der Waals surface area contributed by atoms with Crippen LogP contribution in [0.25, 0.3) is 11.1 Å². The van der Waals surface area contributed by atoms with Gasteiger partial charge in [-0.1, -0.05) is 219 Å². The number of nitrogens with zero attached hydrogens (tertiary/aromatic N) is 4. The predicted octanol–water partition coefficient (Wildman–Crippen LogP) is 20.7. The van der Waals surface area contributed by atoms with E-state index in [1.54, 1.807) is 0 Å². The molecule has 0 bridgehead atoms. The van der Waals surface area contributed by atoms with Gasteiger partial charge in [-0.05, 0) is 197 Å². The summed E-state index contributed by atoms with van der Waals surface area (Å²) in [4.78, 5) is 11.2. The number of hydrogen-bond donors (Lipinski definition) is 0. The summed E-state index contributed by atoms with van der Waals surface area (Å²) >= 11 is 0. The quantitative estimate of drug-likeness (QED) is 0.159. The lowest BCUT2D eigenvalue weighted by molar-refractivity contribution is 0.195. The monoisotopic (exact) mass is 1150 g/mol. The van der Waals surface area contributed by atoms with Crippen LogP contribution in [0.3, 0.4) is 0 Å². The largest absolute Gasteiger partial charge is 0.334 e. The predicted molar refractivity (Wildman–Crippen MR) is 376 cm³/mol. The van der Waals surface area contributed by atoms with Gasteiger partial charge in [0.05, 0.1) is 16.8 Å². The van der Waals surface area contributed by atoms with Crippen molar-refractivity contribution in [2.75, 3.05) is 19.6 Å². The third-order valence-electron chi connectivity index (χ3n) is 23.1. The van der Waals surface area contributed by atoms with Crippen molar-refractivity contribution in [1.82, 2.24) is 0 Å². The highest BCUT2D eigenvalue weighted by Gasteiger charge is 2.60. The first-order chi connectivity index (χ1) is 41.0. The third-order valence-corrected chi connectivity index (χ3v) is 23.1.